The summed E-state index contributed by atoms with van der Waals surface area (Å²) in [5, 5.41) is 48.4. The van der Waals surface area contributed by atoms with Gasteiger partial charge in [-0.05, 0) is 34.6 Å². The standard InChI is InChI=1S/C19H43N3O5/c1-15(23)10-20(6-8-21(11-16(2)24)12-17(3)25)7-9-22(13-18(4)26)14-19(5)27/h15-19,23-27H,6-14H2,1-5H3/t15-,16-,17-,18-,19+/m0/s1. The molecule has 0 radical (unpaired) electrons. The van der Waals surface area contributed by atoms with E-state index in [0.717, 1.165) is 0 Å². The first-order valence-corrected chi connectivity index (χ1v) is 10.1. The van der Waals surface area contributed by atoms with Crippen LogP contribution in [0.25, 0.3) is 0 Å². The SMILES string of the molecule is C[C@H](O)CN(CCN(C[C@H](C)O)C[C@H](C)O)CCN(C[C@H](C)O)C[C@@H](C)O. The molecule has 0 saturated carbocycles. The van der Waals surface area contributed by atoms with E-state index in [0.29, 0.717) is 58.9 Å². The highest BCUT2D eigenvalue weighted by Gasteiger charge is 2.17. The fourth-order valence-corrected chi connectivity index (χ4v) is 3.24. The Kier molecular flexibility index (Phi) is 14.5. The molecule has 5 N–H and O–H groups in total. The van der Waals surface area contributed by atoms with Crippen molar-refractivity contribution in [3.8, 4) is 0 Å². The molecule has 27 heavy (non-hydrogen) atoms. The first-order valence-electron chi connectivity index (χ1n) is 10.1. The normalized spacial score (nSPS) is 18.1. The third-order valence-corrected chi connectivity index (χ3v) is 4.08. The number of hydrogen-bond acceptors (Lipinski definition) is 8. The van der Waals surface area contributed by atoms with Crippen LogP contribution in [0.15, 0.2) is 0 Å². The Hall–Kier alpha value is -0.320. The molecule has 0 aromatic heterocycles. The van der Waals surface area contributed by atoms with Crippen LogP contribution in [0.1, 0.15) is 34.6 Å². The summed E-state index contributed by atoms with van der Waals surface area (Å²) in [5.41, 5.74) is 0. The summed E-state index contributed by atoms with van der Waals surface area (Å²) < 4.78 is 0. The fourth-order valence-electron chi connectivity index (χ4n) is 3.24. The molecule has 5 atom stereocenters. The molecule has 0 aromatic carbocycles. The lowest BCUT2D eigenvalue weighted by molar-refractivity contribution is 0.0555. The molecule has 0 aromatic rings. The molecule has 8 heteroatoms. The van der Waals surface area contributed by atoms with E-state index in [1.165, 1.54) is 0 Å². The van der Waals surface area contributed by atoms with Crippen LogP contribution < -0.4 is 0 Å². The Morgan fingerprint density at radius 1 is 0.407 bits per heavy atom. The van der Waals surface area contributed by atoms with Gasteiger partial charge in [0.15, 0.2) is 0 Å². The van der Waals surface area contributed by atoms with Crippen LogP contribution in [0.3, 0.4) is 0 Å². The summed E-state index contributed by atoms with van der Waals surface area (Å²) in [6, 6.07) is 0. The van der Waals surface area contributed by atoms with E-state index in [4.69, 9.17) is 0 Å². The molecule has 164 valence electrons. The van der Waals surface area contributed by atoms with Crippen molar-refractivity contribution in [3.05, 3.63) is 0 Å². The van der Waals surface area contributed by atoms with Crippen molar-refractivity contribution in [2.75, 3.05) is 58.9 Å². The lowest BCUT2D eigenvalue weighted by atomic mass is 10.2. The van der Waals surface area contributed by atoms with Gasteiger partial charge in [0.25, 0.3) is 0 Å². The smallest absolute Gasteiger partial charge is 0.0639 e. The predicted octanol–water partition coefficient (Wildman–Crippen LogP) is -1.20. The summed E-state index contributed by atoms with van der Waals surface area (Å²) in [5.74, 6) is 0. The van der Waals surface area contributed by atoms with Gasteiger partial charge in [0, 0.05) is 58.9 Å². The van der Waals surface area contributed by atoms with E-state index in [-0.39, 0.29) is 0 Å². The molecule has 0 amide bonds. The highest BCUT2D eigenvalue weighted by atomic mass is 16.3. The number of nitrogens with zero attached hydrogens (tertiary/aromatic N) is 3. The largest absolute Gasteiger partial charge is 0.392 e. The lowest BCUT2D eigenvalue weighted by Crippen LogP contribution is -2.46. The van der Waals surface area contributed by atoms with Gasteiger partial charge in [0.2, 0.25) is 0 Å². The zero-order valence-electron chi connectivity index (χ0n) is 17.8. The summed E-state index contributed by atoms with van der Waals surface area (Å²) in [7, 11) is 0. The van der Waals surface area contributed by atoms with Crippen molar-refractivity contribution in [2.45, 2.75) is 65.1 Å². The van der Waals surface area contributed by atoms with E-state index < -0.39 is 30.5 Å². The topological polar surface area (TPSA) is 111 Å². The van der Waals surface area contributed by atoms with Gasteiger partial charge in [-0.1, -0.05) is 0 Å². The second kappa shape index (κ2) is 14.6. The molecule has 0 bridgehead atoms. The van der Waals surface area contributed by atoms with Gasteiger partial charge in [0.05, 0.1) is 30.5 Å². The summed E-state index contributed by atoms with van der Waals surface area (Å²) >= 11 is 0. The van der Waals surface area contributed by atoms with Crippen LogP contribution in [0.4, 0.5) is 0 Å². The first-order chi connectivity index (χ1) is 12.5. The molecule has 0 spiro atoms. The van der Waals surface area contributed by atoms with Crippen molar-refractivity contribution in [1.82, 2.24) is 14.7 Å². The van der Waals surface area contributed by atoms with Gasteiger partial charge in [-0.15, -0.1) is 0 Å². The molecule has 0 rings (SSSR count). The molecule has 0 aliphatic carbocycles. The molecule has 8 nitrogen and oxygen atoms in total. The zero-order valence-corrected chi connectivity index (χ0v) is 17.8. The molecule has 0 unspecified atom stereocenters. The van der Waals surface area contributed by atoms with Crippen molar-refractivity contribution in [1.29, 1.82) is 0 Å². The molecule has 0 aliphatic rings. The fraction of sp³-hybridized carbons (Fsp3) is 1.00. The zero-order chi connectivity index (χ0) is 21.0. The van der Waals surface area contributed by atoms with Crippen molar-refractivity contribution >= 4 is 0 Å². The van der Waals surface area contributed by atoms with E-state index in [2.05, 4.69) is 4.90 Å². The van der Waals surface area contributed by atoms with Gasteiger partial charge in [-0.2, -0.15) is 0 Å². The molecular weight excluding hydrogens is 350 g/mol. The van der Waals surface area contributed by atoms with E-state index >= 15 is 0 Å². The minimum absolute atomic E-state index is 0.464. The molecule has 0 saturated heterocycles. The molecular formula is C19H43N3O5. The van der Waals surface area contributed by atoms with Crippen LogP contribution in [-0.4, -0.2) is 130 Å². The summed E-state index contributed by atoms with van der Waals surface area (Å²) in [6.07, 6.45) is -2.35. The Labute approximate surface area is 165 Å². The van der Waals surface area contributed by atoms with Gasteiger partial charge in [0.1, 0.15) is 0 Å². The van der Waals surface area contributed by atoms with E-state index in [1.54, 1.807) is 34.6 Å². The number of aliphatic hydroxyl groups excluding tert-OH is 5. The highest BCUT2D eigenvalue weighted by Crippen LogP contribution is 2.02. The molecule has 0 aliphatic heterocycles. The van der Waals surface area contributed by atoms with Crippen molar-refractivity contribution < 1.29 is 25.5 Å². The Morgan fingerprint density at radius 3 is 0.815 bits per heavy atom. The van der Waals surface area contributed by atoms with E-state index in [1.807, 2.05) is 9.80 Å². The Balaban J connectivity index is 4.73. The van der Waals surface area contributed by atoms with Gasteiger partial charge in [-0.25, -0.2) is 0 Å². The third-order valence-electron chi connectivity index (χ3n) is 4.08. The minimum Gasteiger partial charge on any atom is -0.392 e. The van der Waals surface area contributed by atoms with Crippen LogP contribution in [0, 0.1) is 0 Å². The average molecular weight is 394 g/mol. The van der Waals surface area contributed by atoms with Crippen molar-refractivity contribution in [3.63, 3.8) is 0 Å². The van der Waals surface area contributed by atoms with E-state index in [9.17, 15) is 25.5 Å². The number of aliphatic hydroxyl groups is 5. The van der Waals surface area contributed by atoms with Crippen LogP contribution in [0.5, 0.6) is 0 Å². The Bertz CT molecular complexity index is 306. The maximum absolute atomic E-state index is 9.81. The monoisotopic (exact) mass is 393 g/mol. The Morgan fingerprint density at radius 2 is 0.593 bits per heavy atom. The second-order valence-electron chi connectivity index (χ2n) is 8.06. The highest BCUT2D eigenvalue weighted by molar-refractivity contribution is 4.72. The van der Waals surface area contributed by atoms with Crippen LogP contribution in [0.2, 0.25) is 0 Å². The maximum Gasteiger partial charge on any atom is 0.0639 e. The second-order valence-corrected chi connectivity index (χ2v) is 8.06. The third kappa shape index (κ3) is 16.3. The minimum atomic E-state index is -0.471. The van der Waals surface area contributed by atoms with Crippen LogP contribution in [-0.2, 0) is 0 Å². The predicted molar refractivity (Wildman–Crippen MR) is 108 cm³/mol. The summed E-state index contributed by atoms with van der Waals surface area (Å²) in [6.45, 7) is 13.9. The maximum atomic E-state index is 9.81. The lowest BCUT2D eigenvalue weighted by Gasteiger charge is -2.32. The number of hydrogen-bond donors (Lipinski definition) is 5. The van der Waals surface area contributed by atoms with Gasteiger partial charge in [-0.3, -0.25) is 14.7 Å². The molecule has 0 heterocycles. The van der Waals surface area contributed by atoms with Gasteiger partial charge >= 0.3 is 0 Å². The van der Waals surface area contributed by atoms with Crippen LogP contribution >= 0.6 is 0 Å². The first kappa shape index (κ1) is 26.7. The molecule has 0 fully saturated rings. The number of rotatable bonds is 16. The quantitative estimate of drug-likeness (QED) is 0.222. The van der Waals surface area contributed by atoms with Crippen molar-refractivity contribution in [2.24, 2.45) is 0 Å². The van der Waals surface area contributed by atoms with Gasteiger partial charge < -0.3 is 25.5 Å². The summed E-state index contributed by atoms with van der Waals surface area (Å²) in [4.78, 5) is 6.18. The average Bonchev–Trinajstić information content (AvgIpc) is 2.46.